The predicted molar refractivity (Wildman–Crippen MR) is 93.5 cm³/mol. The first-order valence-electron chi connectivity index (χ1n) is 8.51. The van der Waals surface area contributed by atoms with Crippen molar-refractivity contribution in [3.05, 3.63) is 59.2 Å². The minimum absolute atomic E-state index is 0.103. The molecule has 2 aromatic rings. The lowest BCUT2D eigenvalue weighted by atomic mass is 9.75. The number of para-hydroxylation sites is 1. The van der Waals surface area contributed by atoms with Crippen LogP contribution in [0.4, 0.5) is 13.2 Å². The third-order valence-corrected chi connectivity index (χ3v) is 4.67. The highest BCUT2D eigenvalue weighted by atomic mass is 19.4. The zero-order valence-corrected chi connectivity index (χ0v) is 15.1. The summed E-state index contributed by atoms with van der Waals surface area (Å²) in [4.78, 5) is 11.2. The number of carbonyl (C=O) groups is 1. The summed E-state index contributed by atoms with van der Waals surface area (Å²) in [6, 6.07) is 10.7. The first-order chi connectivity index (χ1) is 13.2. The number of methoxy groups -OCH3 is 1. The van der Waals surface area contributed by atoms with Gasteiger partial charge in [-0.3, -0.25) is 4.79 Å². The molecule has 0 spiro atoms. The Bertz CT molecular complexity index is 859. The predicted octanol–water partition coefficient (Wildman–Crippen LogP) is 4.04. The molecule has 0 radical (unpaired) electrons. The molecule has 0 bridgehead atoms. The number of alkyl halides is 3. The minimum Gasteiger partial charge on any atom is -0.496 e. The van der Waals surface area contributed by atoms with Crippen LogP contribution in [0.25, 0.3) is 0 Å². The summed E-state index contributed by atoms with van der Waals surface area (Å²) in [7, 11) is 1.18. The topological polar surface area (TPSA) is 65.0 Å². The van der Waals surface area contributed by atoms with Gasteiger partial charge in [0.15, 0.2) is 0 Å². The van der Waals surface area contributed by atoms with Crippen LogP contribution in [-0.2, 0) is 27.7 Å². The number of carboxylic acid groups (broad SMARTS) is 1. The molecule has 150 valence electrons. The van der Waals surface area contributed by atoms with Gasteiger partial charge in [-0.2, -0.15) is 13.2 Å². The third-order valence-electron chi connectivity index (χ3n) is 4.67. The van der Waals surface area contributed by atoms with Gasteiger partial charge in [-0.05, 0) is 23.8 Å². The summed E-state index contributed by atoms with van der Waals surface area (Å²) in [6.45, 7) is 0.398. The molecular formula is C20H19F3O5. The number of aliphatic carboxylic acids is 1. The molecule has 1 aliphatic rings. The van der Waals surface area contributed by atoms with E-state index >= 15 is 0 Å². The minimum atomic E-state index is -4.55. The standard InChI is InChI=1S/C20H19F3O5/c1-26-16-7-6-13(8-15(16)20(21,22)23)10-28-17-5-3-2-4-14(17)19(9-18(24)25)11-27-12-19/h2-8H,9-12H2,1H3,(H,24,25). The number of hydrogen-bond donors (Lipinski definition) is 1. The smallest absolute Gasteiger partial charge is 0.419 e. The van der Waals surface area contributed by atoms with E-state index in [9.17, 15) is 23.1 Å². The quantitative estimate of drug-likeness (QED) is 0.765. The van der Waals surface area contributed by atoms with Crippen LogP contribution in [0.5, 0.6) is 11.5 Å². The van der Waals surface area contributed by atoms with Gasteiger partial charge < -0.3 is 19.3 Å². The average Bonchev–Trinajstić information content (AvgIpc) is 2.62. The highest BCUT2D eigenvalue weighted by molar-refractivity contribution is 5.70. The average molecular weight is 396 g/mol. The SMILES string of the molecule is COc1ccc(COc2ccccc2C2(CC(=O)O)COC2)cc1C(F)(F)F. The van der Waals surface area contributed by atoms with Crippen molar-refractivity contribution in [1.82, 2.24) is 0 Å². The molecule has 2 aromatic carbocycles. The molecule has 1 aliphatic heterocycles. The van der Waals surface area contributed by atoms with Crippen LogP contribution in [-0.4, -0.2) is 31.4 Å². The van der Waals surface area contributed by atoms with Gasteiger partial charge in [-0.15, -0.1) is 0 Å². The fraction of sp³-hybridized carbons (Fsp3) is 0.350. The van der Waals surface area contributed by atoms with Crippen LogP contribution in [0.3, 0.4) is 0 Å². The van der Waals surface area contributed by atoms with Gasteiger partial charge in [0, 0.05) is 5.56 Å². The fourth-order valence-electron chi connectivity index (χ4n) is 3.25. The summed E-state index contributed by atoms with van der Waals surface area (Å²) in [5, 5.41) is 9.22. The first-order valence-corrected chi connectivity index (χ1v) is 8.51. The van der Waals surface area contributed by atoms with Crippen LogP contribution in [0.1, 0.15) is 23.1 Å². The molecular weight excluding hydrogens is 377 g/mol. The van der Waals surface area contributed by atoms with Crippen molar-refractivity contribution >= 4 is 5.97 Å². The van der Waals surface area contributed by atoms with Crippen LogP contribution < -0.4 is 9.47 Å². The van der Waals surface area contributed by atoms with E-state index in [1.807, 2.05) is 0 Å². The molecule has 28 heavy (non-hydrogen) atoms. The number of carboxylic acids is 1. The molecule has 8 heteroatoms. The molecule has 5 nitrogen and oxygen atoms in total. The summed E-state index contributed by atoms with van der Waals surface area (Å²) in [5.74, 6) is -0.789. The second kappa shape index (κ2) is 7.71. The van der Waals surface area contributed by atoms with Crippen molar-refractivity contribution < 1.29 is 37.3 Å². The van der Waals surface area contributed by atoms with Crippen molar-refractivity contribution in [3.8, 4) is 11.5 Å². The molecule has 1 heterocycles. The van der Waals surface area contributed by atoms with Gasteiger partial charge in [-0.25, -0.2) is 0 Å². The molecule has 1 N–H and O–H groups in total. The van der Waals surface area contributed by atoms with E-state index in [0.717, 1.165) is 6.07 Å². The highest BCUT2D eigenvalue weighted by Gasteiger charge is 2.44. The van der Waals surface area contributed by atoms with Gasteiger partial charge in [0.25, 0.3) is 0 Å². The molecule has 3 rings (SSSR count). The van der Waals surface area contributed by atoms with Crippen molar-refractivity contribution in [2.24, 2.45) is 0 Å². The zero-order chi connectivity index (χ0) is 20.4. The maximum atomic E-state index is 13.2. The molecule has 0 unspecified atom stereocenters. The molecule has 0 atom stereocenters. The van der Waals surface area contributed by atoms with Gasteiger partial charge in [-0.1, -0.05) is 24.3 Å². The van der Waals surface area contributed by atoms with Crippen LogP contribution >= 0.6 is 0 Å². The van der Waals surface area contributed by atoms with E-state index < -0.39 is 23.1 Å². The maximum absolute atomic E-state index is 13.2. The molecule has 1 fully saturated rings. The van der Waals surface area contributed by atoms with E-state index in [2.05, 4.69) is 0 Å². The van der Waals surface area contributed by atoms with Crippen LogP contribution in [0.2, 0.25) is 0 Å². The third kappa shape index (κ3) is 4.06. The van der Waals surface area contributed by atoms with Crippen LogP contribution in [0, 0.1) is 0 Å². The lowest BCUT2D eigenvalue weighted by Crippen LogP contribution is -2.48. The Morgan fingerprint density at radius 2 is 1.89 bits per heavy atom. The van der Waals surface area contributed by atoms with Gasteiger partial charge in [0.2, 0.25) is 0 Å². The van der Waals surface area contributed by atoms with Crippen molar-refractivity contribution in [2.45, 2.75) is 24.6 Å². The molecule has 0 saturated carbocycles. The first kappa shape index (κ1) is 20.0. The number of benzene rings is 2. The Morgan fingerprint density at radius 3 is 2.46 bits per heavy atom. The van der Waals surface area contributed by atoms with Crippen molar-refractivity contribution in [2.75, 3.05) is 20.3 Å². The summed E-state index contributed by atoms with van der Waals surface area (Å²) in [5.41, 5.74) is -0.577. The summed E-state index contributed by atoms with van der Waals surface area (Å²) in [6.07, 6.45) is -4.66. The number of halogens is 3. The lowest BCUT2D eigenvalue weighted by molar-refractivity contribution is -0.145. The summed E-state index contributed by atoms with van der Waals surface area (Å²) < 4.78 is 55.3. The number of ether oxygens (including phenoxy) is 3. The second-order valence-electron chi connectivity index (χ2n) is 6.66. The Kier molecular flexibility index (Phi) is 5.51. The van der Waals surface area contributed by atoms with Gasteiger partial charge in [0.05, 0.1) is 37.7 Å². The molecule has 0 aromatic heterocycles. The Balaban J connectivity index is 1.84. The number of hydrogen-bond acceptors (Lipinski definition) is 4. The molecule has 0 amide bonds. The zero-order valence-electron chi connectivity index (χ0n) is 15.1. The fourth-order valence-corrected chi connectivity index (χ4v) is 3.25. The Labute approximate surface area is 159 Å². The molecule has 1 saturated heterocycles. The van der Waals surface area contributed by atoms with E-state index in [4.69, 9.17) is 14.2 Å². The van der Waals surface area contributed by atoms with E-state index in [1.54, 1.807) is 24.3 Å². The van der Waals surface area contributed by atoms with Crippen LogP contribution in [0.15, 0.2) is 42.5 Å². The Hall–Kier alpha value is -2.74. The van der Waals surface area contributed by atoms with Crippen molar-refractivity contribution in [3.63, 3.8) is 0 Å². The van der Waals surface area contributed by atoms with E-state index in [0.29, 0.717) is 16.9 Å². The van der Waals surface area contributed by atoms with Crippen molar-refractivity contribution in [1.29, 1.82) is 0 Å². The Morgan fingerprint density at radius 1 is 1.18 bits per heavy atom. The largest absolute Gasteiger partial charge is 0.496 e. The van der Waals surface area contributed by atoms with E-state index in [1.165, 1.54) is 19.2 Å². The second-order valence-corrected chi connectivity index (χ2v) is 6.66. The normalized spacial score (nSPS) is 15.6. The monoisotopic (exact) mass is 396 g/mol. The van der Waals surface area contributed by atoms with E-state index in [-0.39, 0.29) is 32.0 Å². The van der Waals surface area contributed by atoms with Gasteiger partial charge in [0.1, 0.15) is 18.1 Å². The summed E-state index contributed by atoms with van der Waals surface area (Å²) >= 11 is 0. The molecule has 0 aliphatic carbocycles. The maximum Gasteiger partial charge on any atom is 0.419 e. The lowest BCUT2D eigenvalue weighted by Gasteiger charge is -2.41. The number of rotatable bonds is 7. The van der Waals surface area contributed by atoms with Gasteiger partial charge >= 0.3 is 12.1 Å². The highest BCUT2D eigenvalue weighted by Crippen LogP contribution is 2.41.